The van der Waals surface area contributed by atoms with Crippen molar-refractivity contribution in [3.05, 3.63) is 23.5 Å². The van der Waals surface area contributed by atoms with Crippen LogP contribution in [0.2, 0.25) is 0 Å². The van der Waals surface area contributed by atoms with Crippen molar-refractivity contribution in [2.45, 2.75) is 57.3 Å². The highest BCUT2D eigenvalue weighted by Gasteiger charge is 2.51. The van der Waals surface area contributed by atoms with Crippen molar-refractivity contribution in [2.24, 2.45) is 0 Å². The van der Waals surface area contributed by atoms with Crippen molar-refractivity contribution in [2.75, 3.05) is 5.32 Å². The van der Waals surface area contributed by atoms with E-state index in [2.05, 4.69) is 10.3 Å². The summed E-state index contributed by atoms with van der Waals surface area (Å²) in [5.74, 6) is -1.54. The molecule has 0 aliphatic heterocycles. The number of fused-ring (bicyclic) bond motifs is 1. The van der Waals surface area contributed by atoms with Crippen LogP contribution in [0.5, 0.6) is 0 Å². The lowest BCUT2D eigenvalue weighted by Gasteiger charge is -2.29. The predicted octanol–water partition coefficient (Wildman–Crippen LogP) is 3.85. The fourth-order valence-corrected chi connectivity index (χ4v) is 2.98. The van der Waals surface area contributed by atoms with E-state index in [0.717, 1.165) is 19.3 Å². The van der Waals surface area contributed by atoms with Crippen molar-refractivity contribution >= 4 is 22.9 Å². The van der Waals surface area contributed by atoms with Crippen molar-refractivity contribution in [3.8, 4) is 0 Å². The van der Waals surface area contributed by atoms with Gasteiger partial charge in [-0.3, -0.25) is 10.1 Å². The predicted molar refractivity (Wildman–Crippen MR) is 87.2 cm³/mol. The molecule has 3 rings (SSSR count). The number of aromatic nitrogens is 2. The van der Waals surface area contributed by atoms with E-state index in [1.807, 2.05) is 0 Å². The number of imidazole rings is 1. The van der Waals surface area contributed by atoms with Crippen LogP contribution in [0.1, 0.15) is 44.2 Å². The van der Waals surface area contributed by atoms with Gasteiger partial charge in [-0.2, -0.15) is 13.2 Å². The van der Waals surface area contributed by atoms with Crippen LogP contribution in [0.4, 0.5) is 23.5 Å². The first-order valence-corrected chi connectivity index (χ1v) is 8.26. The number of nitrogens with zero attached hydrogens (tertiary/aromatic N) is 2. The summed E-state index contributed by atoms with van der Waals surface area (Å²) in [5, 5.41) is 11.8. The van der Waals surface area contributed by atoms with Gasteiger partial charge in [-0.15, -0.1) is 0 Å². The molecule has 1 saturated carbocycles. The third kappa shape index (κ3) is 3.27. The first-order chi connectivity index (χ1) is 12.0. The topological polar surface area (TPSA) is 67.2 Å². The highest BCUT2D eigenvalue weighted by atomic mass is 19.4. The summed E-state index contributed by atoms with van der Waals surface area (Å²) in [7, 11) is 0. The molecule has 1 aliphatic rings. The Labute approximate surface area is 147 Å². The lowest BCUT2D eigenvalue weighted by molar-refractivity contribution is -0.252. The van der Waals surface area contributed by atoms with Crippen LogP contribution < -0.4 is 5.32 Å². The van der Waals surface area contributed by atoms with E-state index >= 15 is 0 Å². The van der Waals surface area contributed by atoms with Gasteiger partial charge in [-0.25, -0.2) is 9.37 Å². The molecule has 0 radical (unpaired) electrons. The largest absolute Gasteiger partial charge is 0.417 e. The summed E-state index contributed by atoms with van der Waals surface area (Å²) >= 11 is 0. The maximum Gasteiger partial charge on any atom is 0.417 e. The molecule has 1 aromatic carbocycles. The minimum absolute atomic E-state index is 0.00262. The molecule has 142 valence electrons. The molecule has 5 nitrogen and oxygen atoms in total. The van der Waals surface area contributed by atoms with Crippen LogP contribution in [0.15, 0.2) is 12.1 Å². The van der Waals surface area contributed by atoms with E-state index in [0.29, 0.717) is 18.0 Å². The van der Waals surface area contributed by atoms with Crippen LogP contribution in [0.3, 0.4) is 0 Å². The second-order valence-corrected chi connectivity index (χ2v) is 7.00. The molecule has 0 spiro atoms. The van der Waals surface area contributed by atoms with E-state index in [1.54, 1.807) is 13.0 Å². The number of hydrogen-bond acceptors (Lipinski definition) is 3. The number of aryl methyl sites for hydroxylation is 1. The Balaban J connectivity index is 1.95. The van der Waals surface area contributed by atoms with E-state index in [-0.39, 0.29) is 17.5 Å². The van der Waals surface area contributed by atoms with Gasteiger partial charge in [0.05, 0.1) is 11.9 Å². The Morgan fingerprint density at radius 2 is 2.04 bits per heavy atom. The number of hydrogen-bond donors (Lipinski definition) is 2. The second kappa shape index (κ2) is 6.22. The van der Waals surface area contributed by atoms with Crippen LogP contribution in [0.25, 0.3) is 11.0 Å². The average Bonchev–Trinajstić information content (AvgIpc) is 2.72. The molecule has 1 aliphatic carbocycles. The Hall–Kier alpha value is -2.16. The Kier molecular flexibility index (Phi) is 4.46. The van der Waals surface area contributed by atoms with Crippen molar-refractivity contribution in [3.63, 3.8) is 0 Å². The average molecular weight is 373 g/mol. The van der Waals surface area contributed by atoms with Gasteiger partial charge in [0.2, 0.25) is 11.9 Å². The molecule has 2 aromatic rings. The van der Waals surface area contributed by atoms with Crippen molar-refractivity contribution < 1.29 is 27.5 Å². The number of carbonyl (C=O) groups excluding carboxylic acids is 1. The van der Waals surface area contributed by atoms with E-state index in [4.69, 9.17) is 0 Å². The van der Waals surface area contributed by atoms with Crippen LogP contribution in [-0.4, -0.2) is 32.3 Å². The molecule has 0 bridgehead atoms. The molecule has 1 fully saturated rings. The van der Waals surface area contributed by atoms with E-state index in [9.17, 15) is 27.5 Å². The zero-order valence-electron chi connectivity index (χ0n) is 14.3. The SMILES string of the molecule is Cc1cc(F)c2c(c1)nc(NC(=O)C[C@@](C)(O)C(F)(F)F)n2C1CCC1. The van der Waals surface area contributed by atoms with Crippen molar-refractivity contribution in [1.82, 2.24) is 9.55 Å². The van der Waals surface area contributed by atoms with Gasteiger partial charge in [0.1, 0.15) is 11.3 Å². The summed E-state index contributed by atoms with van der Waals surface area (Å²) in [6.45, 7) is 2.23. The zero-order valence-corrected chi connectivity index (χ0v) is 14.3. The summed E-state index contributed by atoms with van der Waals surface area (Å²) in [4.78, 5) is 16.3. The Morgan fingerprint density at radius 1 is 1.38 bits per heavy atom. The maximum absolute atomic E-state index is 14.4. The van der Waals surface area contributed by atoms with Crippen molar-refractivity contribution in [1.29, 1.82) is 0 Å². The smallest absolute Gasteiger partial charge is 0.380 e. The molecule has 0 unspecified atom stereocenters. The molecule has 1 aromatic heterocycles. The van der Waals surface area contributed by atoms with Gasteiger partial charge >= 0.3 is 6.18 Å². The number of anilines is 1. The zero-order chi connectivity index (χ0) is 19.3. The van der Waals surface area contributed by atoms with Crippen LogP contribution >= 0.6 is 0 Å². The van der Waals surface area contributed by atoms with Crippen LogP contribution in [0, 0.1) is 12.7 Å². The van der Waals surface area contributed by atoms with E-state index in [1.165, 1.54) is 10.6 Å². The molecular weight excluding hydrogens is 354 g/mol. The number of halogens is 4. The molecule has 1 heterocycles. The van der Waals surface area contributed by atoms with Gasteiger partial charge in [0.25, 0.3) is 0 Å². The number of aliphatic hydroxyl groups is 1. The molecular formula is C17H19F4N3O2. The van der Waals surface area contributed by atoms with Crippen LogP contribution in [-0.2, 0) is 4.79 Å². The lowest BCUT2D eigenvalue weighted by Crippen LogP contribution is -2.45. The molecule has 9 heteroatoms. The van der Waals surface area contributed by atoms with Gasteiger partial charge < -0.3 is 9.67 Å². The van der Waals surface area contributed by atoms with Gasteiger partial charge in [-0.05, 0) is 50.8 Å². The normalized spacial score (nSPS) is 17.8. The van der Waals surface area contributed by atoms with Gasteiger partial charge in [0.15, 0.2) is 5.60 Å². The Bertz CT molecular complexity index is 854. The highest BCUT2D eigenvalue weighted by Crippen LogP contribution is 2.38. The fourth-order valence-electron chi connectivity index (χ4n) is 2.98. The quantitative estimate of drug-likeness (QED) is 0.800. The number of carbonyl (C=O) groups is 1. The Morgan fingerprint density at radius 3 is 2.58 bits per heavy atom. The summed E-state index contributed by atoms with van der Waals surface area (Å²) in [5.41, 5.74) is -1.97. The highest BCUT2D eigenvalue weighted by molar-refractivity contribution is 5.92. The first-order valence-electron chi connectivity index (χ1n) is 8.26. The maximum atomic E-state index is 14.4. The van der Waals surface area contributed by atoms with E-state index < -0.39 is 29.9 Å². The number of alkyl halides is 3. The molecule has 26 heavy (non-hydrogen) atoms. The summed E-state index contributed by atoms with van der Waals surface area (Å²) < 4.78 is 54.3. The number of nitrogens with one attached hydrogen (secondary N) is 1. The fraction of sp³-hybridized carbons (Fsp3) is 0.529. The molecule has 2 N–H and O–H groups in total. The number of rotatable bonds is 4. The third-order valence-electron chi connectivity index (χ3n) is 4.69. The first kappa shape index (κ1) is 18.6. The minimum atomic E-state index is -4.94. The molecule has 1 amide bonds. The van der Waals surface area contributed by atoms with Gasteiger partial charge in [0, 0.05) is 6.04 Å². The van der Waals surface area contributed by atoms with Gasteiger partial charge in [-0.1, -0.05) is 0 Å². The number of benzene rings is 1. The standard InChI is InChI=1S/C17H19F4N3O2/c1-9-6-11(18)14-12(7-9)22-15(24(14)10-4-3-5-10)23-13(25)8-16(2,26)17(19,20)21/h6-7,10,26H,3-5,8H2,1-2H3,(H,22,23,25)/t16-/m1/s1. The monoisotopic (exact) mass is 373 g/mol. The minimum Gasteiger partial charge on any atom is -0.380 e. The third-order valence-corrected chi connectivity index (χ3v) is 4.69. The summed E-state index contributed by atoms with van der Waals surface area (Å²) in [6.07, 6.45) is -3.65. The lowest BCUT2D eigenvalue weighted by atomic mass is 9.92. The number of amides is 1. The second-order valence-electron chi connectivity index (χ2n) is 7.00. The summed E-state index contributed by atoms with van der Waals surface area (Å²) in [6, 6.07) is 2.92. The molecule has 0 saturated heterocycles. The molecule has 1 atom stereocenters.